The molecule has 0 rings (SSSR count). The molecule has 2 heteroatoms. The van der Waals surface area contributed by atoms with Gasteiger partial charge in [-0.15, -0.1) is 0 Å². The maximum absolute atomic E-state index is 13.5. The number of rotatable bonds is 7. The minimum atomic E-state index is -1.25. The Bertz CT molecular complexity index is 274. The third kappa shape index (κ3) is 6.44. The van der Waals surface area contributed by atoms with Crippen LogP contribution in [0.2, 0.25) is 0 Å². The van der Waals surface area contributed by atoms with Gasteiger partial charge in [0.05, 0.1) is 5.76 Å². The highest BCUT2D eigenvalue weighted by Crippen LogP contribution is 2.16. The van der Waals surface area contributed by atoms with Crippen LogP contribution in [0, 0.1) is 0 Å². The summed E-state index contributed by atoms with van der Waals surface area (Å²) in [6, 6.07) is 0. The summed E-state index contributed by atoms with van der Waals surface area (Å²) in [6.45, 7) is 11.1. The SMILES string of the molecule is C=CC(=CC=C(C)OCC(C)(F)CC)CC. The van der Waals surface area contributed by atoms with Crippen molar-refractivity contribution in [1.29, 1.82) is 0 Å². The van der Waals surface area contributed by atoms with Gasteiger partial charge in [-0.2, -0.15) is 0 Å². The lowest BCUT2D eigenvalue weighted by Gasteiger charge is -2.18. The van der Waals surface area contributed by atoms with Crippen molar-refractivity contribution in [2.24, 2.45) is 0 Å². The fraction of sp³-hybridized carbons (Fsp3) is 0.571. The quantitative estimate of drug-likeness (QED) is 0.456. The normalized spacial score (nSPS) is 16.8. The summed E-state index contributed by atoms with van der Waals surface area (Å²) >= 11 is 0. The van der Waals surface area contributed by atoms with Gasteiger partial charge in [0.25, 0.3) is 0 Å². The van der Waals surface area contributed by atoms with Crippen molar-refractivity contribution in [3.8, 4) is 0 Å². The number of allylic oxidation sites excluding steroid dienone is 5. The van der Waals surface area contributed by atoms with Crippen molar-refractivity contribution in [3.05, 3.63) is 36.1 Å². The lowest BCUT2D eigenvalue weighted by atomic mass is 10.1. The zero-order valence-electron chi connectivity index (χ0n) is 10.8. The molecule has 0 aliphatic carbocycles. The van der Waals surface area contributed by atoms with Gasteiger partial charge < -0.3 is 4.74 Å². The molecule has 0 aromatic rings. The second kappa shape index (κ2) is 7.26. The van der Waals surface area contributed by atoms with E-state index in [1.807, 2.05) is 32.1 Å². The Hall–Kier alpha value is -1.05. The summed E-state index contributed by atoms with van der Waals surface area (Å²) in [5.41, 5.74) is -0.105. The highest BCUT2D eigenvalue weighted by Gasteiger charge is 2.20. The highest BCUT2D eigenvalue weighted by molar-refractivity contribution is 5.22. The summed E-state index contributed by atoms with van der Waals surface area (Å²) in [5.74, 6) is 0.727. The minimum Gasteiger partial charge on any atom is -0.495 e. The average molecular weight is 226 g/mol. The molecule has 0 saturated heterocycles. The fourth-order valence-corrected chi connectivity index (χ4v) is 0.969. The van der Waals surface area contributed by atoms with E-state index in [1.54, 1.807) is 6.92 Å². The van der Waals surface area contributed by atoms with Crippen LogP contribution in [0.1, 0.15) is 40.5 Å². The lowest BCUT2D eigenvalue weighted by molar-refractivity contribution is 0.0599. The largest absolute Gasteiger partial charge is 0.495 e. The predicted molar refractivity (Wildman–Crippen MR) is 68.1 cm³/mol. The van der Waals surface area contributed by atoms with Crippen LogP contribution in [0.3, 0.4) is 0 Å². The summed E-state index contributed by atoms with van der Waals surface area (Å²) < 4.78 is 18.9. The van der Waals surface area contributed by atoms with Gasteiger partial charge in [-0.05, 0) is 38.3 Å². The van der Waals surface area contributed by atoms with Crippen LogP contribution < -0.4 is 0 Å². The van der Waals surface area contributed by atoms with Crippen molar-refractivity contribution in [2.45, 2.75) is 46.2 Å². The molecule has 0 bridgehead atoms. The molecule has 1 nitrogen and oxygen atoms in total. The number of hydrogen-bond donors (Lipinski definition) is 0. The molecule has 1 atom stereocenters. The van der Waals surface area contributed by atoms with Crippen LogP contribution >= 0.6 is 0 Å². The minimum absolute atomic E-state index is 0.106. The molecule has 0 spiro atoms. The number of ether oxygens (including phenoxy) is 1. The van der Waals surface area contributed by atoms with Crippen molar-refractivity contribution in [3.63, 3.8) is 0 Å². The van der Waals surface area contributed by atoms with Gasteiger partial charge in [0, 0.05) is 0 Å². The van der Waals surface area contributed by atoms with E-state index >= 15 is 0 Å². The van der Waals surface area contributed by atoms with Gasteiger partial charge in [0.2, 0.25) is 0 Å². The van der Waals surface area contributed by atoms with Crippen molar-refractivity contribution in [1.82, 2.24) is 0 Å². The second-order valence-electron chi connectivity index (χ2n) is 4.13. The Morgan fingerprint density at radius 3 is 2.44 bits per heavy atom. The van der Waals surface area contributed by atoms with Gasteiger partial charge in [-0.3, -0.25) is 0 Å². The molecule has 0 saturated carbocycles. The fourth-order valence-electron chi connectivity index (χ4n) is 0.969. The molecule has 1 unspecified atom stereocenters. The van der Waals surface area contributed by atoms with E-state index < -0.39 is 5.67 Å². The number of alkyl halides is 1. The highest BCUT2D eigenvalue weighted by atomic mass is 19.1. The summed E-state index contributed by atoms with van der Waals surface area (Å²) in [7, 11) is 0. The first-order chi connectivity index (χ1) is 7.45. The van der Waals surface area contributed by atoms with Crippen molar-refractivity contribution < 1.29 is 9.13 Å². The molecule has 16 heavy (non-hydrogen) atoms. The first-order valence-corrected chi connectivity index (χ1v) is 5.76. The van der Waals surface area contributed by atoms with E-state index in [2.05, 4.69) is 13.5 Å². The molecule has 0 radical (unpaired) electrons. The van der Waals surface area contributed by atoms with E-state index in [1.165, 1.54) is 0 Å². The van der Waals surface area contributed by atoms with Gasteiger partial charge in [-0.1, -0.05) is 32.6 Å². The Balaban J connectivity index is 4.26. The standard InChI is InChI=1S/C14H23FO/c1-6-13(7-2)10-9-12(4)16-11-14(5,15)8-3/h6,9-10H,1,7-8,11H2,2-5H3. The Morgan fingerprint density at radius 2 is 2.00 bits per heavy atom. The number of halogens is 1. The van der Waals surface area contributed by atoms with E-state index in [-0.39, 0.29) is 6.61 Å². The topological polar surface area (TPSA) is 9.23 Å². The molecule has 0 aromatic heterocycles. The maximum Gasteiger partial charge on any atom is 0.141 e. The lowest BCUT2D eigenvalue weighted by Crippen LogP contribution is -2.23. The summed E-state index contributed by atoms with van der Waals surface area (Å²) in [5, 5.41) is 0. The Morgan fingerprint density at radius 1 is 1.38 bits per heavy atom. The zero-order chi connectivity index (χ0) is 12.6. The Kier molecular flexibility index (Phi) is 6.78. The van der Waals surface area contributed by atoms with Crippen LogP contribution in [0.15, 0.2) is 36.1 Å². The van der Waals surface area contributed by atoms with Gasteiger partial charge in [-0.25, -0.2) is 4.39 Å². The van der Waals surface area contributed by atoms with Crippen molar-refractivity contribution in [2.75, 3.05) is 6.61 Å². The molecule has 0 amide bonds. The molecular formula is C14H23FO. The van der Waals surface area contributed by atoms with Crippen LogP contribution in [0.5, 0.6) is 0 Å². The molecule has 0 aliphatic heterocycles. The molecule has 0 aromatic carbocycles. The molecule has 0 N–H and O–H groups in total. The van der Waals surface area contributed by atoms with E-state index in [0.717, 1.165) is 17.8 Å². The van der Waals surface area contributed by atoms with Crippen LogP contribution in [0.4, 0.5) is 4.39 Å². The smallest absolute Gasteiger partial charge is 0.141 e. The van der Waals surface area contributed by atoms with Gasteiger partial charge in [0.1, 0.15) is 12.3 Å². The molecule has 0 aliphatic rings. The monoisotopic (exact) mass is 226 g/mol. The third-order valence-corrected chi connectivity index (χ3v) is 2.54. The van der Waals surface area contributed by atoms with E-state index in [0.29, 0.717) is 6.42 Å². The van der Waals surface area contributed by atoms with Crippen LogP contribution in [-0.2, 0) is 4.74 Å². The summed E-state index contributed by atoms with van der Waals surface area (Å²) in [6.07, 6.45) is 7.01. The zero-order valence-corrected chi connectivity index (χ0v) is 10.8. The second-order valence-corrected chi connectivity index (χ2v) is 4.13. The Labute approximate surface area is 98.7 Å². The average Bonchev–Trinajstić information content (AvgIpc) is 2.28. The molecule has 0 heterocycles. The van der Waals surface area contributed by atoms with E-state index in [9.17, 15) is 4.39 Å². The first kappa shape index (κ1) is 14.9. The third-order valence-electron chi connectivity index (χ3n) is 2.54. The van der Waals surface area contributed by atoms with Crippen LogP contribution in [0.25, 0.3) is 0 Å². The number of hydrogen-bond acceptors (Lipinski definition) is 1. The molecule has 0 fully saturated rings. The van der Waals surface area contributed by atoms with Crippen molar-refractivity contribution >= 4 is 0 Å². The van der Waals surface area contributed by atoms with Crippen LogP contribution in [-0.4, -0.2) is 12.3 Å². The summed E-state index contributed by atoms with van der Waals surface area (Å²) in [4.78, 5) is 0. The van der Waals surface area contributed by atoms with E-state index in [4.69, 9.17) is 4.74 Å². The first-order valence-electron chi connectivity index (χ1n) is 5.76. The molecular weight excluding hydrogens is 203 g/mol. The molecule has 92 valence electrons. The van der Waals surface area contributed by atoms with Gasteiger partial charge >= 0.3 is 0 Å². The predicted octanol–water partition coefficient (Wildman–Crippen LogP) is 4.57. The van der Waals surface area contributed by atoms with Gasteiger partial charge in [0.15, 0.2) is 0 Å². The maximum atomic E-state index is 13.5.